The SMILES string of the molecule is CC(=Cc1ccc(N[C@@H]2CCN(CC3CCCCC3)C2)nc1)C(=O)NO.Cl.Cl. The number of rotatable bonds is 6. The molecule has 6 nitrogen and oxygen atoms in total. The molecule has 0 unspecified atom stereocenters. The van der Waals surface area contributed by atoms with Crippen molar-refractivity contribution in [1.29, 1.82) is 0 Å². The van der Waals surface area contributed by atoms with Crippen molar-refractivity contribution in [3.8, 4) is 0 Å². The molecule has 3 N–H and O–H groups in total. The van der Waals surface area contributed by atoms with Crippen LogP contribution >= 0.6 is 24.8 Å². The van der Waals surface area contributed by atoms with Crippen LogP contribution in [0.5, 0.6) is 0 Å². The molecule has 1 aliphatic heterocycles. The Morgan fingerprint density at radius 1 is 1.25 bits per heavy atom. The van der Waals surface area contributed by atoms with Crippen LogP contribution in [0.2, 0.25) is 0 Å². The van der Waals surface area contributed by atoms with Gasteiger partial charge in [0.05, 0.1) is 0 Å². The molecule has 1 aliphatic carbocycles. The predicted octanol–water partition coefficient (Wildman–Crippen LogP) is 3.90. The molecule has 2 fully saturated rings. The zero-order valence-electron chi connectivity index (χ0n) is 16.4. The van der Waals surface area contributed by atoms with E-state index in [1.807, 2.05) is 12.1 Å². The van der Waals surface area contributed by atoms with Gasteiger partial charge in [-0.15, -0.1) is 24.8 Å². The number of nitrogens with one attached hydrogen (secondary N) is 2. The molecule has 0 spiro atoms. The third-order valence-corrected chi connectivity index (χ3v) is 5.49. The molecule has 1 aromatic heterocycles. The number of hydroxylamine groups is 1. The molecule has 8 heteroatoms. The van der Waals surface area contributed by atoms with Crippen molar-refractivity contribution in [2.75, 3.05) is 25.0 Å². The first-order valence-electron chi connectivity index (χ1n) is 9.71. The summed E-state index contributed by atoms with van der Waals surface area (Å²) in [5.41, 5.74) is 2.90. The van der Waals surface area contributed by atoms with Crippen LogP contribution in [0.25, 0.3) is 6.08 Å². The highest BCUT2D eigenvalue weighted by atomic mass is 35.5. The number of carbonyl (C=O) groups is 1. The number of hydrogen-bond acceptors (Lipinski definition) is 5. The van der Waals surface area contributed by atoms with E-state index in [-0.39, 0.29) is 24.8 Å². The van der Waals surface area contributed by atoms with Gasteiger partial charge < -0.3 is 10.2 Å². The third-order valence-electron chi connectivity index (χ3n) is 5.49. The Bertz CT molecular complexity index is 634. The number of anilines is 1. The Balaban J connectivity index is 0.00000196. The highest BCUT2D eigenvalue weighted by Gasteiger charge is 2.25. The quantitative estimate of drug-likeness (QED) is 0.362. The minimum absolute atomic E-state index is 0. The summed E-state index contributed by atoms with van der Waals surface area (Å²) in [6.45, 7) is 5.17. The minimum Gasteiger partial charge on any atom is -0.366 e. The summed E-state index contributed by atoms with van der Waals surface area (Å²) < 4.78 is 0. The maximum Gasteiger partial charge on any atom is 0.270 e. The lowest BCUT2D eigenvalue weighted by atomic mass is 9.89. The lowest BCUT2D eigenvalue weighted by Gasteiger charge is -2.26. The standard InChI is InChI=1S/C20H30N4O2.2ClH/c1-15(20(25)23-26)11-17-7-8-19(21-12-17)22-18-9-10-24(14-18)13-16-5-3-2-4-6-16;;/h7-8,11-12,16,18,26H,2-6,9-10,13-14H2,1H3,(H,21,22)(H,23,25);2*1H/t18-;;/m1../s1. The van der Waals surface area contributed by atoms with Gasteiger partial charge in [-0.3, -0.25) is 10.0 Å². The molecular formula is C20H32Cl2N4O2. The normalized spacial score (nSPS) is 20.8. The van der Waals surface area contributed by atoms with Crippen LogP contribution in [0, 0.1) is 5.92 Å². The van der Waals surface area contributed by atoms with E-state index in [4.69, 9.17) is 5.21 Å². The fourth-order valence-corrected chi connectivity index (χ4v) is 4.04. The monoisotopic (exact) mass is 430 g/mol. The van der Waals surface area contributed by atoms with E-state index in [1.165, 1.54) is 45.2 Å². The average Bonchev–Trinajstić information content (AvgIpc) is 3.10. The molecule has 2 heterocycles. The maximum atomic E-state index is 11.3. The third kappa shape index (κ3) is 7.24. The number of halogens is 2. The molecule has 1 saturated heterocycles. The summed E-state index contributed by atoms with van der Waals surface area (Å²) in [4.78, 5) is 18.4. The molecule has 1 aromatic rings. The number of amides is 1. The molecule has 3 rings (SSSR count). The molecule has 0 radical (unpaired) electrons. The first-order chi connectivity index (χ1) is 12.6. The highest BCUT2D eigenvalue weighted by molar-refractivity contribution is 5.96. The van der Waals surface area contributed by atoms with E-state index in [0.717, 1.165) is 30.3 Å². The number of carbonyl (C=O) groups excluding carboxylic acids is 1. The van der Waals surface area contributed by atoms with Crippen LogP contribution in [0.4, 0.5) is 5.82 Å². The van der Waals surface area contributed by atoms with Crippen LogP contribution in [-0.2, 0) is 4.79 Å². The van der Waals surface area contributed by atoms with Gasteiger partial charge in [0.1, 0.15) is 5.82 Å². The fraction of sp³-hybridized carbons (Fsp3) is 0.600. The van der Waals surface area contributed by atoms with Crippen LogP contribution < -0.4 is 10.8 Å². The van der Waals surface area contributed by atoms with Crippen molar-refractivity contribution < 1.29 is 10.0 Å². The van der Waals surface area contributed by atoms with E-state index in [2.05, 4.69) is 15.2 Å². The predicted molar refractivity (Wildman–Crippen MR) is 117 cm³/mol. The summed E-state index contributed by atoms with van der Waals surface area (Å²) in [6, 6.07) is 4.33. The van der Waals surface area contributed by atoms with E-state index in [1.54, 1.807) is 24.7 Å². The zero-order valence-corrected chi connectivity index (χ0v) is 18.0. The number of hydrogen-bond donors (Lipinski definition) is 3. The van der Waals surface area contributed by atoms with Crippen molar-refractivity contribution in [2.24, 2.45) is 5.92 Å². The van der Waals surface area contributed by atoms with Crippen LogP contribution in [0.15, 0.2) is 23.9 Å². The highest BCUT2D eigenvalue weighted by Crippen LogP contribution is 2.26. The van der Waals surface area contributed by atoms with Gasteiger partial charge in [-0.05, 0) is 55.9 Å². The summed E-state index contributed by atoms with van der Waals surface area (Å²) in [5.74, 6) is 1.26. The molecule has 1 amide bonds. The van der Waals surface area contributed by atoms with Crippen molar-refractivity contribution >= 4 is 42.6 Å². The molecule has 28 heavy (non-hydrogen) atoms. The first kappa shape index (κ1) is 24.7. The Labute approximate surface area is 179 Å². The summed E-state index contributed by atoms with van der Waals surface area (Å²) >= 11 is 0. The van der Waals surface area contributed by atoms with Gasteiger partial charge in [0.2, 0.25) is 0 Å². The maximum absolute atomic E-state index is 11.3. The number of pyridine rings is 1. The Kier molecular flexibility index (Phi) is 10.8. The minimum atomic E-state index is -0.504. The lowest BCUT2D eigenvalue weighted by Crippen LogP contribution is -2.31. The topological polar surface area (TPSA) is 77.5 Å². The van der Waals surface area contributed by atoms with Gasteiger partial charge in [0, 0.05) is 37.4 Å². The van der Waals surface area contributed by atoms with Crippen molar-refractivity contribution in [1.82, 2.24) is 15.4 Å². The molecule has 1 atom stereocenters. The average molecular weight is 431 g/mol. The summed E-state index contributed by atoms with van der Waals surface area (Å²) in [5, 5.41) is 12.2. The van der Waals surface area contributed by atoms with Gasteiger partial charge in [-0.2, -0.15) is 0 Å². The van der Waals surface area contributed by atoms with Crippen molar-refractivity contribution in [3.05, 3.63) is 29.5 Å². The number of likely N-dealkylation sites (tertiary alicyclic amines) is 1. The van der Waals surface area contributed by atoms with Crippen LogP contribution in [0.3, 0.4) is 0 Å². The van der Waals surface area contributed by atoms with Gasteiger partial charge in [0.15, 0.2) is 0 Å². The number of aromatic nitrogens is 1. The van der Waals surface area contributed by atoms with Gasteiger partial charge >= 0.3 is 0 Å². The molecule has 0 aromatic carbocycles. The zero-order chi connectivity index (χ0) is 18.4. The Hall–Kier alpha value is -1.34. The van der Waals surface area contributed by atoms with Gasteiger partial charge in [-0.25, -0.2) is 10.5 Å². The van der Waals surface area contributed by atoms with E-state index < -0.39 is 5.91 Å². The van der Waals surface area contributed by atoms with E-state index in [0.29, 0.717) is 11.6 Å². The Morgan fingerprint density at radius 2 is 2.00 bits per heavy atom. The van der Waals surface area contributed by atoms with Crippen LogP contribution in [0.1, 0.15) is 51.0 Å². The lowest BCUT2D eigenvalue weighted by molar-refractivity contribution is -0.125. The van der Waals surface area contributed by atoms with Crippen LogP contribution in [-0.4, -0.2) is 46.7 Å². The van der Waals surface area contributed by atoms with Gasteiger partial charge in [-0.1, -0.05) is 19.3 Å². The summed E-state index contributed by atoms with van der Waals surface area (Å²) in [6.07, 6.45) is 11.6. The largest absolute Gasteiger partial charge is 0.366 e. The smallest absolute Gasteiger partial charge is 0.270 e. The molecule has 1 saturated carbocycles. The van der Waals surface area contributed by atoms with Crippen molar-refractivity contribution in [2.45, 2.75) is 51.5 Å². The number of nitrogens with zero attached hydrogens (tertiary/aromatic N) is 2. The van der Waals surface area contributed by atoms with E-state index >= 15 is 0 Å². The first-order valence-corrected chi connectivity index (χ1v) is 9.71. The second-order valence-corrected chi connectivity index (χ2v) is 7.64. The van der Waals surface area contributed by atoms with Gasteiger partial charge in [0.25, 0.3) is 5.91 Å². The molecular weight excluding hydrogens is 399 g/mol. The van der Waals surface area contributed by atoms with E-state index in [9.17, 15) is 4.79 Å². The fourth-order valence-electron chi connectivity index (χ4n) is 4.04. The molecule has 2 aliphatic rings. The second kappa shape index (κ2) is 12.3. The second-order valence-electron chi connectivity index (χ2n) is 7.64. The van der Waals surface area contributed by atoms with Crippen molar-refractivity contribution in [3.63, 3.8) is 0 Å². The molecule has 0 bridgehead atoms. The Morgan fingerprint density at radius 3 is 2.64 bits per heavy atom. The molecule has 158 valence electrons. The summed E-state index contributed by atoms with van der Waals surface area (Å²) in [7, 11) is 0.